The summed E-state index contributed by atoms with van der Waals surface area (Å²) in [4.78, 5) is 32.9. The molecule has 0 aliphatic carbocycles. The third-order valence-electron chi connectivity index (χ3n) is 6.15. The third kappa shape index (κ3) is 4.41. The number of aromatic nitrogens is 5. The summed E-state index contributed by atoms with van der Waals surface area (Å²) in [5.74, 6) is 1.41. The summed E-state index contributed by atoms with van der Waals surface area (Å²) < 4.78 is 1.76. The van der Waals surface area contributed by atoms with Crippen LogP contribution in [0, 0.1) is 12.8 Å². The smallest absolute Gasteiger partial charge is 0.405 e. The Morgan fingerprint density at radius 2 is 1.97 bits per heavy atom. The van der Waals surface area contributed by atoms with Crippen molar-refractivity contribution in [2.24, 2.45) is 5.92 Å². The van der Waals surface area contributed by atoms with Crippen LogP contribution < -0.4 is 15.5 Å². The number of aromatic amines is 1. The number of H-pyrrole nitrogens is 1. The molecule has 1 fully saturated rings. The number of aryl methyl sites for hydroxylation is 1. The highest BCUT2D eigenvalue weighted by molar-refractivity contribution is 5.89. The zero-order valence-electron chi connectivity index (χ0n) is 19.2. The molecule has 176 valence electrons. The number of carbonyl (C=O) groups is 2. The lowest BCUT2D eigenvalue weighted by Gasteiger charge is -2.41. The highest BCUT2D eigenvalue weighted by Crippen LogP contribution is 2.24. The predicted molar refractivity (Wildman–Crippen MR) is 123 cm³/mol. The minimum absolute atomic E-state index is 0.196. The Bertz CT molecular complexity index is 1160. The van der Waals surface area contributed by atoms with Crippen molar-refractivity contribution in [3.05, 3.63) is 30.1 Å². The first-order valence-electron chi connectivity index (χ1n) is 10.9. The maximum Gasteiger partial charge on any atom is 0.405 e. The van der Waals surface area contributed by atoms with E-state index in [0.717, 1.165) is 11.2 Å². The number of rotatable bonds is 6. The van der Waals surface area contributed by atoms with Crippen LogP contribution >= 0.6 is 0 Å². The molecule has 33 heavy (non-hydrogen) atoms. The number of anilines is 3. The molecule has 4 rings (SSSR count). The van der Waals surface area contributed by atoms with Crippen molar-refractivity contribution < 1.29 is 14.7 Å². The van der Waals surface area contributed by atoms with Crippen molar-refractivity contribution in [1.82, 2.24) is 35.0 Å². The summed E-state index contributed by atoms with van der Waals surface area (Å²) in [7, 11) is 0. The Kier molecular flexibility index (Phi) is 5.83. The second-order valence-corrected chi connectivity index (χ2v) is 8.73. The van der Waals surface area contributed by atoms with E-state index in [9.17, 15) is 14.7 Å². The van der Waals surface area contributed by atoms with Gasteiger partial charge in [-0.2, -0.15) is 10.1 Å². The Balaban J connectivity index is 1.51. The maximum atomic E-state index is 13.2. The number of carboxylic acid groups (broad SMARTS) is 1. The number of carbonyl (C=O) groups excluding carboxylic acids is 1. The number of hydrogen-bond acceptors (Lipinski definition) is 7. The van der Waals surface area contributed by atoms with Crippen molar-refractivity contribution in [1.29, 1.82) is 0 Å². The number of hydrogen-bond donors (Lipinski definition) is 4. The van der Waals surface area contributed by atoms with Crippen LogP contribution in [-0.4, -0.2) is 78.5 Å². The fourth-order valence-electron chi connectivity index (χ4n) is 3.86. The topological polar surface area (TPSA) is 144 Å². The highest BCUT2D eigenvalue weighted by atomic mass is 16.4. The molecule has 4 heterocycles. The summed E-state index contributed by atoms with van der Waals surface area (Å²) in [6.07, 6.45) is 0.645. The molecule has 1 atom stereocenters. The van der Waals surface area contributed by atoms with Crippen LogP contribution in [0.25, 0.3) is 5.52 Å². The lowest BCUT2D eigenvalue weighted by Crippen LogP contribution is -2.63. The largest absolute Gasteiger partial charge is 0.465 e. The molecule has 4 N–H and O–H groups in total. The molecule has 1 aliphatic rings. The van der Waals surface area contributed by atoms with Crippen molar-refractivity contribution in [3.63, 3.8) is 0 Å². The normalized spacial score (nSPS) is 16.2. The van der Waals surface area contributed by atoms with E-state index in [2.05, 4.69) is 25.9 Å². The zero-order valence-corrected chi connectivity index (χ0v) is 19.2. The molecular weight excluding hydrogens is 426 g/mol. The molecule has 0 aromatic carbocycles. The van der Waals surface area contributed by atoms with Gasteiger partial charge in [0.25, 0.3) is 0 Å². The fourth-order valence-corrected chi connectivity index (χ4v) is 3.86. The van der Waals surface area contributed by atoms with Gasteiger partial charge in [-0.3, -0.25) is 9.89 Å². The predicted octanol–water partition coefficient (Wildman–Crippen LogP) is 1.84. The quantitative estimate of drug-likeness (QED) is 0.441. The second-order valence-electron chi connectivity index (χ2n) is 8.73. The van der Waals surface area contributed by atoms with Gasteiger partial charge in [0, 0.05) is 44.1 Å². The first-order valence-corrected chi connectivity index (χ1v) is 10.9. The van der Waals surface area contributed by atoms with Gasteiger partial charge in [-0.25, -0.2) is 9.31 Å². The molecular formula is C21H29N9O3. The van der Waals surface area contributed by atoms with E-state index < -0.39 is 11.6 Å². The van der Waals surface area contributed by atoms with Crippen molar-refractivity contribution in [3.8, 4) is 0 Å². The fraction of sp³-hybridized carbons (Fsp3) is 0.476. The molecule has 0 radical (unpaired) electrons. The molecule has 12 nitrogen and oxygen atoms in total. The van der Waals surface area contributed by atoms with E-state index >= 15 is 0 Å². The van der Waals surface area contributed by atoms with Crippen molar-refractivity contribution >= 4 is 35.1 Å². The van der Waals surface area contributed by atoms with Crippen LogP contribution in [0.2, 0.25) is 0 Å². The van der Waals surface area contributed by atoms with Crippen LogP contribution in [0.3, 0.4) is 0 Å². The number of fused-ring (bicyclic) bond motifs is 1. The monoisotopic (exact) mass is 455 g/mol. The van der Waals surface area contributed by atoms with Gasteiger partial charge >= 0.3 is 6.09 Å². The van der Waals surface area contributed by atoms with Gasteiger partial charge in [0.05, 0.1) is 0 Å². The summed E-state index contributed by atoms with van der Waals surface area (Å²) in [6, 6.07) is 5.71. The number of nitrogens with one attached hydrogen (secondary N) is 3. The number of piperazine rings is 1. The number of nitrogens with zero attached hydrogens (tertiary/aromatic N) is 6. The van der Waals surface area contributed by atoms with Gasteiger partial charge in [0.15, 0.2) is 11.6 Å². The van der Waals surface area contributed by atoms with E-state index in [1.807, 2.05) is 50.1 Å². The molecule has 1 aliphatic heterocycles. The van der Waals surface area contributed by atoms with Gasteiger partial charge in [-0.1, -0.05) is 13.8 Å². The zero-order chi connectivity index (χ0) is 23.8. The SMILES string of the molecule is Cc1cc(Nc2nc(N3CCN(C(=O)C(C)(NC(=O)O)C(C)C)CC3)nn3cccc23)n[nH]1. The molecule has 1 saturated heterocycles. The van der Waals surface area contributed by atoms with E-state index in [4.69, 9.17) is 4.98 Å². The van der Waals surface area contributed by atoms with E-state index in [0.29, 0.717) is 43.8 Å². The van der Waals surface area contributed by atoms with Crippen LogP contribution in [0.5, 0.6) is 0 Å². The van der Waals surface area contributed by atoms with Crippen LogP contribution in [0.4, 0.5) is 22.4 Å². The Morgan fingerprint density at radius 1 is 1.24 bits per heavy atom. The summed E-state index contributed by atoms with van der Waals surface area (Å²) >= 11 is 0. The van der Waals surface area contributed by atoms with Crippen LogP contribution in [-0.2, 0) is 4.79 Å². The molecule has 3 aromatic heterocycles. The van der Waals surface area contributed by atoms with Gasteiger partial charge in [-0.05, 0) is 31.9 Å². The lowest BCUT2D eigenvalue weighted by atomic mass is 9.86. The molecule has 3 aromatic rings. The average Bonchev–Trinajstić information content (AvgIpc) is 3.41. The molecule has 0 saturated carbocycles. The lowest BCUT2D eigenvalue weighted by molar-refractivity contribution is -0.139. The van der Waals surface area contributed by atoms with Gasteiger partial charge < -0.3 is 25.5 Å². The standard InChI is InChI=1S/C21H29N9O3/c1-13(2)21(4,24-20(32)33)18(31)28-8-10-29(11-9-28)19-23-17(15-6-5-7-30(15)27-19)22-16-12-14(3)25-26-16/h5-7,12-13,24H,8-11H2,1-4H3,(H,32,33)(H2,22,23,25,26,27). The van der Waals surface area contributed by atoms with E-state index in [1.165, 1.54) is 0 Å². The third-order valence-corrected chi connectivity index (χ3v) is 6.15. The second kappa shape index (κ2) is 8.60. The molecule has 2 amide bonds. The number of amides is 2. The summed E-state index contributed by atoms with van der Waals surface area (Å²) in [5.41, 5.74) is 0.568. The molecule has 12 heteroatoms. The molecule has 1 unspecified atom stereocenters. The Labute approximate surface area is 191 Å². The van der Waals surface area contributed by atoms with Crippen molar-refractivity contribution in [2.75, 3.05) is 36.4 Å². The van der Waals surface area contributed by atoms with E-state index in [-0.39, 0.29) is 11.8 Å². The first kappa shape index (κ1) is 22.4. The highest BCUT2D eigenvalue weighted by Gasteiger charge is 2.42. The Hall–Kier alpha value is -3.83. The minimum atomic E-state index is -1.21. The molecule has 0 spiro atoms. The average molecular weight is 456 g/mol. The van der Waals surface area contributed by atoms with Crippen LogP contribution in [0.15, 0.2) is 24.4 Å². The van der Waals surface area contributed by atoms with Gasteiger partial charge in [0.2, 0.25) is 11.9 Å². The maximum absolute atomic E-state index is 13.2. The molecule has 0 bridgehead atoms. The van der Waals surface area contributed by atoms with E-state index in [1.54, 1.807) is 16.3 Å². The van der Waals surface area contributed by atoms with Gasteiger partial charge in [-0.15, -0.1) is 5.10 Å². The van der Waals surface area contributed by atoms with Crippen molar-refractivity contribution in [2.45, 2.75) is 33.2 Å². The van der Waals surface area contributed by atoms with Crippen LogP contribution in [0.1, 0.15) is 26.5 Å². The Morgan fingerprint density at radius 3 is 2.58 bits per heavy atom. The van der Waals surface area contributed by atoms with Gasteiger partial charge in [0.1, 0.15) is 11.1 Å². The summed E-state index contributed by atoms with van der Waals surface area (Å²) in [6.45, 7) is 9.17. The first-order chi connectivity index (χ1) is 15.7. The summed E-state index contributed by atoms with van der Waals surface area (Å²) in [5, 5.41) is 26.6. The minimum Gasteiger partial charge on any atom is -0.465 e.